The highest BCUT2D eigenvalue weighted by Gasteiger charge is 2.20. The van der Waals surface area contributed by atoms with Crippen LogP contribution >= 0.6 is 0 Å². The second kappa shape index (κ2) is 7.09. The SMILES string of the molecule is CC(CN(C)C(=O)c1cc(-c2ccc([N+](=O)[O-])cc2)n[nH]1)c1nn[nH]n1. The normalized spacial score (nSPS) is 11.9. The van der Waals surface area contributed by atoms with Crippen LogP contribution in [0.25, 0.3) is 11.3 Å². The summed E-state index contributed by atoms with van der Waals surface area (Å²) in [6, 6.07) is 7.57. The number of hydrogen-bond donors (Lipinski definition) is 2. The van der Waals surface area contributed by atoms with E-state index in [0.29, 0.717) is 29.3 Å². The van der Waals surface area contributed by atoms with Gasteiger partial charge in [-0.05, 0) is 18.2 Å². The number of rotatable bonds is 6. The number of carbonyl (C=O) groups excluding carboxylic acids is 1. The van der Waals surface area contributed by atoms with Crippen molar-refractivity contribution < 1.29 is 9.72 Å². The summed E-state index contributed by atoms with van der Waals surface area (Å²) in [5.74, 6) is 0.210. The summed E-state index contributed by atoms with van der Waals surface area (Å²) < 4.78 is 0. The molecule has 2 N–H and O–H groups in total. The summed E-state index contributed by atoms with van der Waals surface area (Å²) in [5, 5.41) is 31.2. The lowest BCUT2D eigenvalue weighted by Crippen LogP contribution is -2.31. The molecular weight excluding hydrogens is 340 g/mol. The highest BCUT2D eigenvalue weighted by atomic mass is 16.6. The molecular formula is C15H16N8O3. The summed E-state index contributed by atoms with van der Waals surface area (Å²) in [5.41, 5.74) is 1.52. The Morgan fingerprint density at radius 1 is 1.31 bits per heavy atom. The first-order chi connectivity index (χ1) is 12.5. The highest BCUT2D eigenvalue weighted by molar-refractivity contribution is 5.93. The molecule has 3 rings (SSSR count). The Balaban J connectivity index is 1.70. The van der Waals surface area contributed by atoms with Gasteiger partial charge >= 0.3 is 0 Å². The summed E-state index contributed by atoms with van der Waals surface area (Å²) in [6.45, 7) is 2.30. The Morgan fingerprint density at radius 3 is 2.65 bits per heavy atom. The lowest BCUT2D eigenvalue weighted by molar-refractivity contribution is -0.384. The van der Waals surface area contributed by atoms with E-state index in [2.05, 4.69) is 30.8 Å². The lowest BCUT2D eigenvalue weighted by Gasteiger charge is -2.18. The number of nitro benzene ring substituents is 1. The zero-order chi connectivity index (χ0) is 18.7. The maximum Gasteiger partial charge on any atom is 0.271 e. The van der Waals surface area contributed by atoms with Gasteiger partial charge in [0.2, 0.25) is 0 Å². The molecule has 3 aromatic rings. The van der Waals surface area contributed by atoms with E-state index < -0.39 is 4.92 Å². The second-order valence-electron chi connectivity index (χ2n) is 5.83. The van der Waals surface area contributed by atoms with E-state index in [4.69, 9.17) is 0 Å². The van der Waals surface area contributed by atoms with Crippen LogP contribution in [0.1, 0.15) is 29.2 Å². The van der Waals surface area contributed by atoms with Crippen LogP contribution in [0.15, 0.2) is 30.3 Å². The topological polar surface area (TPSA) is 147 Å². The van der Waals surface area contributed by atoms with Gasteiger partial charge in [-0.25, -0.2) is 0 Å². The van der Waals surface area contributed by atoms with Crippen LogP contribution in [0.3, 0.4) is 0 Å². The number of likely N-dealkylation sites (N-methyl/N-ethyl adjacent to an activating group) is 1. The van der Waals surface area contributed by atoms with Crippen molar-refractivity contribution in [1.82, 2.24) is 35.7 Å². The number of aromatic amines is 2. The third-order valence-electron chi connectivity index (χ3n) is 3.88. The largest absolute Gasteiger partial charge is 0.340 e. The average Bonchev–Trinajstić information content (AvgIpc) is 3.33. The Hall–Kier alpha value is -3.63. The Morgan fingerprint density at radius 2 is 2.04 bits per heavy atom. The number of nitro groups is 1. The van der Waals surface area contributed by atoms with Crippen LogP contribution in [0, 0.1) is 10.1 Å². The van der Waals surface area contributed by atoms with E-state index in [0.717, 1.165) is 0 Å². The summed E-state index contributed by atoms with van der Waals surface area (Å²) >= 11 is 0. The smallest absolute Gasteiger partial charge is 0.271 e. The van der Waals surface area contributed by atoms with E-state index in [1.165, 1.54) is 17.0 Å². The highest BCUT2D eigenvalue weighted by Crippen LogP contribution is 2.22. The molecule has 1 atom stereocenters. The number of carbonyl (C=O) groups is 1. The van der Waals surface area contributed by atoms with Crippen molar-refractivity contribution in [3.05, 3.63) is 52.0 Å². The molecule has 0 bridgehead atoms. The zero-order valence-electron chi connectivity index (χ0n) is 14.1. The van der Waals surface area contributed by atoms with Crippen molar-refractivity contribution in [2.24, 2.45) is 0 Å². The van der Waals surface area contributed by atoms with E-state index in [1.54, 1.807) is 25.2 Å². The van der Waals surface area contributed by atoms with Gasteiger partial charge in [-0.1, -0.05) is 12.1 Å². The van der Waals surface area contributed by atoms with Crippen molar-refractivity contribution in [1.29, 1.82) is 0 Å². The van der Waals surface area contributed by atoms with Gasteiger partial charge in [-0.3, -0.25) is 20.0 Å². The molecule has 134 valence electrons. The Kier molecular flexibility index (Phi) is 4.69. The molecule has 11 nitrogen and oxygen atoms in total. The van der Waals surface area contributed by atoms with Crippen molar-refractivity contribution >= 4 is 11.6 Å². The first-order valence-electron chi connectivity index (χ1n) is 7.74. The van der Waals surface area contributed by atoms with Crippen LogP contribution in [0.4, 0.5) is 5.69 Å². The summed E-state index contributed by atoms with van der Waals surface area (Å²) in [6.07, 6.45) is 0. The number of hydrogen-bond acceptors (Lipinski definition) is 7. The fourth-order valence-electron chi connectivity index (χ4n) is 2.49. The Labute approximate surface area is 147 Å². The van der Waals surface area contributed by atoms with Crippen molar-refractivity contribution in [3.8, 4) is 11.3 Å². The molecule has 2 aromatic heterocycles. The number of H-pyrrole nitrogens is 2. The molecule has 0 aliphatic heterocycles. The van der Waals surface area contributed by atoms with Gasteiger partial charge in [0.15, 0.2) is 5.82 Å². The number of nitrogens with zero attached hydrogens (tertiary/aromatic N) is 6. The molecule has 0 aliphatic carbocycles. The van der Waals surface area contributed by atoms with Gasteiger partial charge in [0.25, 0.3) is 11.6 Å². The van der Waals surface area contributed by atoms with Gasteiger partial charge < -0.3 is 4.90 Å². The molecule has 1 aromatic carbocycles. The minimum atomic E-state index is -0.469. The van der Waals surface area contributed by atoms with Crippen LogP contribution in [-0.2, 0) is 0 Å². The lowest BCUT2D eigenvalue weighted by atomic mass is 10.1. The zero-order valence-corrected chi connectivity index (χ0v) is 14.1. The van der Waals surface area contributed by atoms with Gasteiger partial charge in [-0.2, -0.15) is 10.3 Å². The second-order valence-corrected chi connectivity index (χ2v) is 5.83. The third kappa shape index (κ3) is 3.55. The first kappa shape index (κ1) is 17.2. The van der Waals surface area contributed by atoms with Crippen LogP contribution in [-0.4, -0.2) is 60.1 Å². The number of non-ortho nitro benzene ring substituents is 1. The molecule has 0 aliphatic rings. The van der Waals surface area contributed by atoms with Crippen molar-refractivity contribution in [3.63, 3.8) is 0 Å². The predicted octanol–water partition coefficient (Wildman–Crippen LogP) is 1.37. The Bertz CT molecular complexity index is 903. The predicted molar refractivity (Wildman–Crippen MR) is 90.2 cm³/mol. The number of amides is 1. The monoisotopic (exact) mass is 356 g/mol. The van der Waals surface area contributed by atoms with Crippen molar-refractivity contribution in [2.45, 2.75) is 12.8 Å². The molecule has 1 amide bonds. The molecule has 0 fully saturated rings. The van der Waals surface area contributed by atoms with Gasteiger partial charge in [-0.15, -0.1) is 10.2 Å². The summed E-state index contributed by atoms with van der Waals surface area (Å²) in [7, 11) is 1.67. The number of nitrogens with one attached hydrogen (secondary N) is 2. The fourth-order valence-corrected chi connectivity index (χ4v) is 2.49. The van der Waals surface area contributed by atoms with Gasteiger partial charge in [0.05, 0.1) is 10.6 Å². The molecule has 11 heteroatoms. The number of tetrazole rings is 1. The van der Waals surface area contributed by atoms with Crippen molar-refractivity contribution in [2.75, 3.05) is 13.6 Å². The number of benzene rings is 1. The van der Waals surface area contributed by atoms with E-state index in [1.807, 2.05) is 6.92 Å². The first-order valence-corrected chi connectivity index (χ1v) is 7.74. The van der Waals surface area contributed by atoms with Gasteiger partial charge in [0.1, 0.15) is 5.69 Å². The molecule has 26 heavy (non-hydrogen) atoms. The van der Waals surface area contributed by atoms with Gasteiger partial charge in [0, 0.05) is 37.2 Å². The van der Waals surface area contributed by atoms with E-state index in [9.17, 15) is 14.9 Å². The number of aromatic nitrogens is 6. The maximum atomic E-state index is 12.5. The van der Waals surface area contributed by atoms with E-state index in [-0.39, 0.29) is 17.5 Å². The molecule has 0 radical (unpaired) electrons. The third-order valence-corrected chi connectivity index (χ3v) is 3.88. The maximum absolute atomic E-state index is 12.5. The molecule has 0 spiro atoms. The fraction of sp³-hybridized carbons (Fsp3) is 0.267. The molecule has 1 unspecified atom stereocenters. The standard InChI is InChI=1S/C15H16N8O3/c1-9(14-18-20-21-19-14)8-22(2)15(24)13-7-12(16-17-13)10-3-5-11(6-4-10)23(25)26/h3-7,9H,8H2,1-2H3,(H,16,17)(H,18,19,20,21). The molecule has 0 saturated heterocycles. The van der Waals surface area contributed by atoms with Crippen LogP contribution < -0.4 is 0 Å². The van der Waals surface area contributed by atoms with Crippen LogP contribution in [0.2, 0.25) is 0 Å². The minimum Gasteiger partial charge on any atom is -0.340 e. The minimum absolute atomic E-state index is 0.00391. The van der Waals surface area contributed by atoms with E-state index >= 15 is 0 Å². The quantitative estimate of drug-likeness (QED) is 0.501. The molecule has 0 saturated carbocycles. The van der Waals surface area contributed by atoms with Crippen LogP contribution in [0.5, 0.6) is 0 Å². The molecule has 2 heterocycles. The average molecular weight is 356 g/mol. The summed E-state index contributed by atoms with van der Waals surface area (Å²) in [4.78, 5) is 24.3.